The van der Waals surface area contributed by atoms with Crippen LogP contribution in [0.1, 0.15) is 60.3 Å². The number of nitrogen functional groups attached to an aromatic ring is 1. The number of alkyl halides is 3. The fraction of sp³-hybridized carbons (Fsp3) is 0.300. The largest absolute Gasteiger partial charge is 0.433 e. The Morgan fingerprint density at radius 3 is 2.07 bits per heavy atom. The predicted molar refractivity (Wildman–Crippen MR) is 151 cm³/mol. The molecule has 41 heavy (non-hydrogen) atoms. The van der Waals surface area contributed by atoms with Gasteiger partial charge in [0.15, 0.2) is 0 Å². The minimum absolute atomic E-state index is 0.0907. The lowest BCUT2D eigenvalue weighted by Gasteiger charge is -2.15. The van der Waals surface area contributed by atoms with Crippen LogP contribution in [0.3, 0.4) is 0 Å². The number of nitrogens with one attached hydrogen (secondary N) is 1. The molecule has 2 aromatic heterocycles. The van der Waals surface area contributed by atoms with Gasteiger partial charge in [-0.15, -0.1) is 0 Å². The second-order valence-corrected chi connectivity index (χ2v) is 9.44. The number of carbonyl (C=O) groups is 2. The Bertz CT molecular complexity index is 1390. The number of hydrogen-bond acceptors (Lipinski definition) is 6. The third kappa shape index (κ3) is 10.2. The smallest absolute Gasteiger partial charge is 0.398 e. The van der Waals surface area contributed by atoms with E-state index < -0.39 is 29.7 Å². The fourth-order valence-electron chi connectivity index (χ4n) is 4.13. The van der Waals surface area contributed by atoms with Gasteiger partial charge in [0.05, 0.1) is 11.7 Å². The van der Waals surface area contributed by atoms with Crippen LogP contribution in [0.25, 0.3) is 10.9 Å². The van der Waals surface area contributed by atoms with E-state index in [1.165, 1.54) is 63.2 Å². The molecule has 1 aliphatic carbocycles. The topological polar surface area (TPSA) is 137 Å². The lowest BCUT2D eigenvalue weighted by Crippen LogP contribution is -2.46. The van der Waals surface area contributed by atoms with Gasteiger partial charge in [0.1, 0.15) is 17.4 Å². The van der Waals surface area contributed by atoms with Crippen LogP contribution in [0.2, 0.25) is 0 Å². The molecule has 4 aromatic rings. The van der Waals surface area contributed by atoms with E-state index in [2.05, 4.69) is 20.3 Å². The Hall–Kier alpha value is -4.54. The number of primary amides is 1. The number of rotatable bonds is 5. The molecule has 2 amide bonds. The lowest BCUT2D eigenvalue weighted by molar-refractivity contribution is -0.140. The monoisotopic (exact) mass is 566 g/mol. The number of carbonyl (C=O) groups excluding carboxylic acids is 2. The summed E-state index contributed by atoms with van der Waals surface area (Å²) in [5, 5.41) is 3.10. The van der Waals surface area contributed by atoms with E-state index in [0.29, 0.717) is 11.8 Å². The summed E-state index contributed by atoms with van der Waals surface area (Å²) in [5.41, 5.74) is 11.3. The SMILES string of the molecule is C1CCCCC1.NC(=O)C(Cc1ccccc1)NC(=O)c1cnccn1.Nc1cc(C(F)(F)F)nc2ccccc12. The van der Waals surface area contributed by atoms with Gasteiger partial charge in [0.25, 0.3) is 5.91 Å². The van der Waals surface area contributed by atoms with Gasteiger partial charge < -0.3 is 16.8 Å². The maximum atomic E-state index is 12.4. The number of benzene rings is 2. The maximum Gasteiger partial charge on any atom is 0.433 e. The number of aromatic nitrogens is 3. The highest BCUT2D eigenvalue weighted by Crippen LogP contribution is 2.31. The number of fused-ring (bicyclic) bond motifs is 1. The van der Waals surface area contributed by atoms with Crippen molar-refractivity contribution < 1.29 is 22.8 Å². The molecule has 5 rings (SSSR count). The summed E-state index contributed by atoms with van der Waals surface area (Å²) in [4.78, 5) is 34.5. The molecule has 1 aliphatic rings. The van der Waals surface area contributed by atoms with E-state index >= 15 is 0 Å². The first-order valence-corrected chi connectivity index (χ1v) is 13.3. The summed E-state index contributed by atoms with van der Waals surface area (Å²) < 4.78 is 37.1. The van der Waals surface area contributed by atoms with E-state index in [4.69, 9.17) is 11.5 Å². The molecule has 5 N–H and O–H groups in total. The average Bonchev–Trinajstić information content (AvgIpc) is 2.99. The second kappa shape index (κ2) is 15.3. The van der Waals surface area contributed by atoms with Gasteiger partial charge >= 0.3 is 6.18 Å². The van der Waals surface area contributed by atoms with Crippen molar-refractivity contribution in [2.75, 3.05) is 5.73 Å². The zero-order valence-electron chi connectivity index (χ0n) is 22.5. The number of anilines is 1. The molecule has 1 saturated carbocycles. The Morgan fingerprint density at radius 2 is 1.51 bits per heavy atom. The highest BCUT2D eigenvalue weighted by atomic mass is 19.4. The number of pyridine rings is 1. The number of hydrogen-bond donors (Lipinski definition) is 3. The quantitative estimate of drug-likeness (QED) is 0.293. The molecular weight excluding hydrogens is 533 g/mol. The van der Waals surface area contributed by atoms with Crippen molar-refractivity contribution in [2.45, 2.75) is 57.2 Å². The van der Waals surface area contributed by atoms with Crippen molar-refractivity contribution in [3.8, 4) is 0 Å². The molecule has 0 bridgehead atoms. The van der Waals surface area contributed by atoms with Crippen LogP contribution < -0.4 is 16.8 Å². The van der Waals surface area contributed by atoms with Crippen molar-refractivity contribution in [1.29, 1.82) is 0 Å². The van der Waals surface area contributed by atoms with Crippen molar-refractivity contribution in [3.05, 3.63) is 96.2 Å². The molecule has 2 aromatic carbocycles. The molecule has 216 valence electrons. The van der Waals surface area contributed by atoms with Gasteiger partial charge in [-0.2, -0.15) is 13.2 Å². The average molecular weight is 567 g/mol. The van der Waals surface area contributed by atoms with Gasteiger partial charge in [0, 0.05) is 29.9 Å². The van der Waals surface area contributed by atoms with Crippen molar-refractivity contribution >= 4 is 28.4 Å². The lowest BCUT2D eigenvalue weighted by atomic mass is 10.0. The minimum atomic E-state index is -4.46. The predicted octanol–water partition coefficient (Wildman–Crippen LogP) is 5.48. The van der Waals surface area contributed by atoms with Crippen LogP contribution >= 0.6 is 0 Å². The molecule has 2 heterocycles. The summed E-state index contributed by atoms with van der Waals surface area (Å²) in [6.07, 6.45) is 9.08. The Morgan fingerprint density at radius 1 is 0.902 bits per heavy atom. The number of nitrogens with two attached hydrogens (primary N) is 2. The molecule has 1 fully saturated rings. The van der Waals surface area contributed by atoms with E-state index in [-0.39, 0.29) is 16.9 Å². The first-order chi connectivity index (χ1) is 19.6. The molecule has 8 nitrogen and oxygen atoms in total. The minimum Gasteiger partial charge on any atom is -0.398 e. The molecule has 11 heteroatoms. The first-order valence-electron chi connectivity index (χ1n) is 13.3. The summed E-state index contributed by atoms with van der Waals surface area (Å²) in [6, 6.07) is 15.8. The van der Waals surface area contributed by atoms with Gasteiger partial charge in [-0.25, -0.2) is 9.97 Å². The molecule has 1 atom stereocenters. The molecule has 0 aliphatic heterocycles. The number of amides is 2. The summed E-state index contributed by atoms with van der Waals surface area (Å²) in [5.74, 6) is -1.07. The normalized spacial score (nSPS) is 13.5. The Labute approximate surface area is 236 Å². The van der Waals surface area contributed by atoms with Crippen molar-refractivity contribution in [1.82, 2.24) is 20.3 Å². The molecule has 0 saturated heterocycles. The standard InChI is InChI=1S/C14H14N4O2.C10H7F3N2.C6H12/c15-13(19)11(8-10-4-2-1-3-5-10)18-14(20)12-9-16-6-7-17-12;11-10(12,13)9-5-7(14)6-3-1-2-4-8(6)15-9;1-2-4-6-5-3-1/h1-7,9,11H,8H2,(H2,15,19)(H,18,20);1-5H,(H2,14,15);1-6H2. The first kappa shape index (κ1) is 31.0. The highest BCUT2D eigenvalue weighted by Gasteiger charge is 2.33. The molecule has 0 spiro atoms. The van der Waals surface area contributed by atoms with Gasteiger partial charge in [-0.05, 0) is 17.7 Å². The van der Waals surface area contributed by atoms with Crippen LogP contribution in [-0.2, 0) is 17.4 Å². The molecule has 1 unspecified atom stereocenters. The van der Waals surface area contributed by atoms with Crippen LogP contribution in [-0.4, -0.2) is 32.8 Å². The maximum absolute atomic E-state index is 12.4. The van der Waals surface area contributed by atoms with E-state index in [1.54, 1.807) is 18.2 Å². The summed E-state index contributed by atoms with van der Waals surface area (Å²) in [7, 11) is 0. The molecule has 0 radical (unpaired) electrons. The van der Waals surface area contributed by atoms with E-state index in [0.717, 1.165) is 11.6 Å². The van der Waals surface area contributed by atoms with E-state index in [1.807, 2.05) is 30.3 Å². The highest BCUT2D eigenvalue weighted by molar-refractivity contribution is 5.95. The number of nitrogens with zero attached hydrogens (tertiary/aromatic N) is 3. The third-order valence-corrected chi connectivity index (χ3v) is 6.27. The fourth-order valence-corrected chi connectivity index (χ4v) is 4.13. The summed E-state index contributed by atoms with van der Waals surface area (Å²) >= 11 is 0. The van der Waals surface area contributed by atoms with Crippen LogP contribution in [0.4, 0.5) is 18.9 Å². The van der Waals surface area contributed by atoms with Gasteiger partial charge in [0.2, 0.25) is 5.91 Å². The Kier molecular flexibility index (Phi) is 11.6. The van der Waals surface area contributed by atoms with Crippen molar-refractivity contribution in [2.24, 2.45) is 5.73 Å². The van der Waals surface area contributed by atoms with Crippen LogP contribution in [0, 0.1) is 0 Å². The van der Waals surface area contributed by atoms with Crippen LogP contribution in [0.5, 0.6) is 0 Å². The second-order valence-electron chi connectivity index (χ2n) is 9.44. The van der Waals surface area contributed by atoms with Gasteiger partial charge in [-0.3, -0.25) is 14.6 Å². The molecular formula is C30H33F3N6O2. The van der Waals surface area contributed by atoms with Crippen molar-refractivity contribution in [3.63, 3.8) is 0 Å². The number of para-hydroxylation sites is 1. The third-order valence-electron chi connectivity index (χ3n) is 6.27. The van der Waals surface area contributed by atoms with Gasteiger partial charge in [-0.1, -0.05) is 87.1 Å². The Balaban J connectivity index is 0.000000192. The zero-order chi connectivity index (χ0) is 29.7. The zero-order valence-corrected chi connectivity index (χ0v) is 22.5. The summed E-state index contributed by atoms with van der Waals surface area (Å²) in [6.45, 7) is 0. The van der Waals surface area contributed by atoms with Crippen LogP contribution in [0.15, 0.2) is 79.3 Å². The van der Waals surface area contributed by atoms with E-state index in [9.17, 15) is 22.8 Å². The number of halogens is 3.